The molecule has 27 heavy (non-hydrogen) atoms. The molecule has 146 valence electrons. The lowest BCUT2D eigenvalue weighted by atomic mass is 10.2. The largest absolute Gasteiger partial charge is 0.396 e. The van der Waals surface area contributed by atoms with Crippen molar-refractivity contribution in [1.29, 1.82) is 0 Å². The molecule has 0 aliphatic carbocycles. The number of anilines is 4. The van der Waals surface area contributed by atoms with Gasteiger partial charge >= 0.3 is 0 Å². The Kier molecular flexibility index (Phi) is 6.45. The number of hydrogen-bond donors (Lipinski definition) is 3. The summed E-state index contributed by atoms with van der Waals surface area (Å²) in [4.78, 5) is 11.7. The number of rotatable bonds is 8. The third-order valence-electron chi connectivity index (χ3n) is 4.81. The molecule has 1 fully saturated rings. The molecule has 1 aromatic carbocycles. The van der Waals surface area contributed by atoms with Gasteiger partial charge < -0.3 is 21.3 Å². The second-order valence-corrected chi connectivity index (χ2v) is 7.00. The molecule has 7 heteroatoms. The van der Waals surface area contributed by atoms with Crippen LogP contribution in [0.3, 0.4) is 0 Å². The summed E-state index contributed by atoms with van der Waals surface area (Å²) in [6, 6.07) is 7.14. The van der Waals surface area contributed by atoms with Crippen molar-refractivity contribution in [3.8, 4) is 0 Å². The smallest absolute Gasteiger partial charge is 0.229 e. The number of hydrogen-bond acceptors (Lipinski definition) is 6. The van der Waals surface area contributed by atoms with Crippen LogP contribution in [0.1, 0.15) is 38.8 Å². The summed E-state index contributed by atoms with van der Waals surface area (Å²) in [6.45, 7) is 7.20. The van der Waals surface area contributed by atoms with Crippen LogP contribution in [-0.2, 0) is 6.42 Å². The summed E-state index contributed by atoms with van der Waals surface area (Å²) in [5, 5.41) is 6.69. The molecule has 0 bridgehead atoms. The lowest BCUT2D eigenvalue weighted by molar-refractivity contribution is 0.571. The number of likely N-dealkylation sites (N-methyl/N-ethyl adjacent to an activating group) is 1. The van der Waals surface area contributed by atoms with Crippen molar-refractivity contribution < 1.29 is 4.39 Å². The first kappa shape index (κ1) is 19.4. The van der Waals surface area contributed by atoms with E-state index in [1.54, 1.807) is 12.1 Å². The maximum Gasteiger partial charge on any atom is 0.229 e. The summed E-state index contributed by atoms with van der Waals surface area (Å²) < 4.78 is 13.4. The monoisotopic (exact) mass is 372 g/mol. The number of halogens is 1. The Balaban J connectivity index is 1.82. The van der Waals surface area contributed by atoms with E-state index in [0.29, 0.717) is 17.7 Å². The summed E-state index contributed by atoms with van der Waals surface area (Å²) in [5.41, 5.74) is 7.48. The van der Waals surface area contributed by atoms with Crippen molar-refractivity contribution in [1.82, 2.24) is 15.3 Å². The van der Waals surface area contributed by atoms with E-state index in [1.165, 1.54) is 6.07 Å². The summed E-state index contributed by atoms with van der Waals surface area (Å²) >= 11 is 0. The van der Waals surface area contributed by atoms with Gasteiger partial charge in [-0.05, 0) is 44.0 Å². The number of nitrogens with two attached hydrogens (primary N) is 1. The first-order valence-corrected chi connectivity index (χ1v) is 9.77. The number of benzene rings is 1. The van der Waals surface area contributed by atoms with Gasteiger partial charge in [-0.1, -0.05) is 20.3 Å². The highest BCUT2D eigenvalue weighted by Gasteiger charge is 2.23. The van der Waals surface area contributed by atoms with E-state index in [-0.39, 0.29) is 5.69 Å². The Morgan fingerprint density at radius 2 is 2.11 bits per heavy atom. The fraction of sp³-hybridized carbons (Fsp3) is 0.500. The van der Waals surface area contributed by atoms with Gasteiger partial charge in [-0.25, -0.2) is 9.37 Å². The SMILES string of the molecule is CCCCc1cc(N2CC[C@H](NCC)C2)nc(Nc2ccc(F)c(N)c2)n1. The Morgan fingerprint density at radius 3 is 2.85 bits per heavy atom. The van der Waals surface area contributed by atoms with E-state index in [0.717, 1.165) is 56.8 Å². The molecule has 3 rings (SSSR count). The Bertz CT molecular complexity index is 766. The van der Waals surface area contributed by atoms with E-state index in [2.05, 4.69) is 40.4 Å². The molecule has 1 aliphatic heterocycles. The zero-order valence-corrected chi connectivity index (χ0v) is 16.1. The van der Waals surface area contributed by atoms with Crippen molar-refractivity contribution in [2.75, 3.05) is 35.6 Å². The predicted octanol–water partition coefficient (Wildman–Crippen LogP) is 3.47. The number of nitrogen functional groups attached to an aromatic ring is 1. The van der Waals surface area contributed by atoms with Crippen molar-refractivity contribution in [3.63, 3.8) is 0 Å². The molecule has 1 saturated heterocycles. The van der Waals surface area contributed by atoms with Gasteiger partial charge in [0, 0.05) is 36.6 Å². The molecule has 0 saturated carbocycles. The maximum atomic E-state index is 13.4. The number of nitrogens with zero attached hydrogens (tertiary/aromatic N) is 3. The number of nitrogens with one attached hydrogen (secondary N) is 2. The maximum absolute atomic E-state index is 13.4. The zero-order valence-electron chi connectivity index (χ0n) is 16.1. The highest BCUT2D eigenvalue weighted by Crippen LogP contribution is 2.24. The number of aromatic nitrogens is 2. The van der Waals surface area contributed by atoms with Gasteiger partial charge in [0.2, 0.25) is 5.95 Å². The standard InChI is InChI=1S/C20H29FN6/c1-3-5-6-14-12-19(27-10-9-16(13-27)23-4-2)26-20(24-14)25-15-7-8-17(21)18(22)11-15/h7-8,11-12,16,23H,3-6,9-10,13,22H2,1-2H3,(H,24,25,26)/t16-/m0/s1. The Labute approximate surface area is 160 Å². The second-order valence-electron chi connectivity index (χ2n) is 7.00. The van der Waals surface area contributed by atoms with Gasteiger partial charge in [-0.15, -0.1) is 0 Å². The molecule has 1 aromatic heterocycles. The molecule has 4 N–H and O–H groups in total. The second kappa shape index (κ2) is 8.99. The van der Waals surface area contributed by atoms with Crippen molar-refractivity contribution >= 4 is 23.1 Å². The normalized spacial score (nSPS) is 16.7. The minimum Gasteiger partial charge on any atom is -0.396 e. The predicted molar refractivity (Wildman–Crippen MR) is 109 cm³/mol. The molecule has 1 atom stereocenters. The first-order chi connectivity index (χ1) is 13.1. The van der Waals surface area contributed by atoms with Crippen LogP contribution in [0.2, 0.25) is 0 Å². The Hall–Kier alpha value is -2.41. The highest BCUT2D eigenvalue weighted by atomic mass is 19.1. The molecule has 0 amide bonds. The molecule has 0 unspecified atom stereocenters. The lowest BCUT2D eigenvalue weighted by Gasteiger charge is -2.19. The van der Waals surface area contributed by atoms with Crippen molar-refractivity contribution in [2.24, 2.45) is 0 Å². The van der Waals surface area contributed by atoms with E-state index >= 15 is 0 Å². The minimum absolute atomic E-state index is 0.107. The minimum atomic E-state index is -0.426. The van der Waals surface area contributed by atoms with Crippen LogP contribution in [0.5, 0.6) is 0 Å². The fourth-order valence-corrected chi connectivity index (χ4v) is 3.36. The van der Waals surface area contributed by atoms with Gasteiger partial charge in [0.15, 0.2) is 0 Å². The molecule has 6 nitrogen and oxygen atoms in total. The first-order valence-electron chi connectivity index (χ1n) is 9.77. The molecular weight excluding hydrogens is 343 g/mol. The topological polar surface area (TPSA) is 79.1 Å². The molecule has 0 spiro atoms. The van der Waals surface area contributed by atoms with Crippen LogP contribution >= 0.6 is 0 Å². The van der Waals surface area contributed by atoms with Crippen molar-refractivity contribution in [2.45, 2.75) is 45.6 Å². The van der Waals surface area contributed by atoms with Crippen LogP contribution in [0, 0.1) is 5.82 Å². The Morgan fingerprint density at radius 1 is 1.26 bits per heavy atom. The zero-order chi connectivity index (χ0) is 19.2. The summed E-state index contributed by atoms with van der Waals surface area (Å²) in [5.74, 6) is 1.04. The average Bonchev–Trinajstić information content (AvgIpc) is 3.12. The lowest BCUT2D eigenvalue weighted by Crippen LogP contribution is -2.32. The van der Waals surface area contributed by atoms with Gasteiger partial charge in [0.25, 0.3) is 0 Å². The van der Waals surface area contributed by atoms with E-state index in [9.17, 15) is 4.39 Å². The van der Waals surface area contributed by atoms with Crippen LogP contribution in [0.4, 0.5) is 27.5 Å². The summed E-state index contributed by atoms with van der Waals surface area (Å²) in [6.07, 6.45) is 4.22. The van der Waals surface area contributed by atoms with E-state index in [4.69, 9.17) is 10.7 Å². The van der Waals surface area contributed by atoms with E-state index < -0.39 is 5.82 Å². The van der Waals surface area contributed by atoms with Crippen LogP contribution < -0.4 is 21.3 Å². The quantitative estimate of drug-likeness (QED) is 0.616. The molecular formula is C20H29FN6. The van der Waals surface area contributed by atoms with Gasteiger partial charge in [-0.2, -0.15) is 4.98 Å². The average molecular weight is 372 g/mol. The van der Waals surface area contributed by atoms with Gasteiger partial charge in [-0.3, -0.25) is 0 Å². The molecule has 0 radical (unpaired) electrons. The third kappa shape index (κ3) is 5.07. The molecule has 2 aromatic rings. The van der Waals surface area contributed by atoms with Crippen LogP contribution in [0.25, 0.3) is 0 Å². The third-order valence-corrected chi connectivity index (χ3v) is 4.81. The van der Waals surface area contributed by atoms with Crippen LogP contribution in [-0.4, -0.2) is 35.6 Å². The fourth-order valence-electron chi connectivity index (χ4n) is 3.36. The van der Waals surface area contributed by atoms with Crippen LogP contribution in [0.15, 0.2) is 24.3 Å². The highest BCUT2D eigenvalue weighted by molar-refractivity contribution is 5.61. The van der Waals surface area contributed by atoms with E-state index in [1.807, 2.05) is 0 Å². The number of aryl methyl sites for hydroxylation is 1. The van der Waals surface area contributed by atoms with Crippen molar-refractivity contribution in [3.05, 3.63) is 35.8 Å². The summed E-state index contributed by atoms with van der Waals surface area (Å²) in [7, 11) is 0. The molecule has 2 heterocycles. The van der Waals surface area contributed by atoms with Gasteiger partial charge in [0.1, 0.15) is 11.6 Å². The number of unbranched alkanes of at least 4 members (excludes halogenated alkanes) is 1. The molecule has 1 aliphatic rings. The van der Waals surface area contributed by atoms with Gasteiger partial charge in [0.05, 0.1) is 5.69 Å².